The smallest absolute Gasteiger partial charge is 0.127 e. The molecule has 2 rings (SSSR count). The number of benzene rings is 1. The molecule has 1 fully saturated rings. The number of phenolic OH excluding ortho intramolecular Hbond substituents is 1. The predicted molar refractivity (Wildman–Crippen MR) is 75.2 cm³/mol. The number of piperazine rings is 1. The van der Waals surface area contributed by atoms with Crippen LogP contribution in [0.4, 0.5) is 0 Å². The molecule has 1 unspecified atom stereocenters. The van der Waals surface area contributed by atoms with Gasteiger partial charge in [0.05, 0.1) is 6.07 Å². The lowest BCUT2D eigenvalue weighted by molar-refractivity contribution is 0.117. The van der Waals surface area contributed by atoms with E-state index in [1.54, 1.807) is 18.2 Å². The maximum atomic E-state index is 9.92. The summed E-state index contributed by atoms with van der Waals surface area (Å²) in [5.74, 6) is 0.133. The first-order chi connectivity index (χ1) is 9.15. The number of phenols is 1. The molecule has 0 saturated carbocycles. The molecular formula is C14H18ClN3O. The van der Waals surface area contributed by atoms with Crippen LogP contribution < -0.4 is 0 Å². The third-order valence-corrected chi connectivity index (χ3v) is 3.86. The second-order valence-electron chi connectivity index (χ2n) is 4.71. The van der Waals surface area contributed by atoms with E-state index < -0.39 is 6.04 Å². The molecule has 1 heterocycles. The van der Waals surface area contributed by atoms with Crippen LogP contribution in [-0.4, -0.2) is 47.6 Å². The fourth-order valence-electron chi connectivity index (χ4n) is 2.43. The number of hydrogen-bond acceptors (Lipinski definition) is 4. The Hall–Kier alpha value is -1.28. The maximum absolute atomic E-state index is 9.92. The summed E-state index contributed by atoms with van der Waals surface area (Å²) in [5, 5.41) is 19.9. The van der Waals surface area contributed by atoms with Crippen LogP contribution in [-0.2, 0) is 0 Å². The Morgan fingerprint density at radius 2 is 2.05 bits per heavy atom. The van der Waals surface area contributed by atoms with Gasteiger partial charge in [-0.25, -0.2) is 0 Å². The van der Waals surface area contributed by atoms with Crippen molar-refractivity contribution in [1.82, 2.24) is 9.80 Å². The van der Waals surface area contributed by atoms with Gasteiger partial charge in [0, 0.05) is 36.8 Å². The molecule has 1 aliphatic heterocycles. The molecule has 0 aliphatic carbocycles. The van der Waals surface area contributed by atoms with Gasteiger partial charge in [0.1, 0.15) is 11.8 Å². The van der Waals surface area contributed by atoms with Crippen molar-refractivity contribution in [1.29, 1.82) is 5.26 Å². The van der Waals surface area contributed by atoms with E-state index in [0.29, 0.717) is 10.6 Å². The summed E-state index contributed by atoms with van der Waals surface area (Å²) in [6.07, 6.45) is 0. The SMILES string of the molecule is CCN1CCN(C(C#N)c2cc(Cl)ccc2O)CC1. The second kappa shape index (κ2) is 6.25. The van der Waals surface area contributed by atoms with Crippen LogP contribution in [0.5, 0.6) is 5.75 Å². The largest absolute Gasteiger partial charge is 0.508 e. The molecule has 0 amide bonds. The van der Waals surface area contributed by atoms with Crippen LogP contribution in [0.1, 0.15) is 18.5 Å². The van der Waals surface area contributed by atoms with Crippen LogP contribution in [0.15, 0.2) is 18.2 Å². The maximum Gasteiger partial charge on any atom is 0.127 e. The third kappa shape index (κ3) is 3.19. The molecule has 1 aromatic rings. The van der Waals surface area contributed by atoms with E-state index in [9.17, 15) is 10.4 Å². The standard InChI is InChI=1S/C14H18ClN3O/c1-2-17-5-7-18(8-6-17)13(10-16)12-9-11(15)3-4-14(12)19/h3-4,9,13,19H,2,5-8H2,1H3. The molecule has 1 atom stereocenters. The van der Waals surface area contributed by atoms with Gasteiger partial charge in [-0.3, -0.25) is 4.90 Å². The molecule has 1 aliphatic rings. The van der Waals surface area contributed by atoms with E-state index in [1.807, 2.05) is 0 Å². The van der Waals surface area contributed by atoms with Crippen molar-refractivity contribution in [2.45, 2.75) is 13.0 Å². The van der Waals surface area contributed by atoms with Gasteiger partial charge in [0.25, 0.3) is 0 Å². The van der Waals surface area contributed by atoms with Crippen molar-refractivity contribution in [3.63, 3.8) is 0 Å². The Morgan fingerprint density at radius 1 is 1.37 bits per heavy atom. The summed E-state index contributed by atoms with van der Waals surface area (Å²) in [6, 6.07) is 6.70. The number of hydrogen-bond donors (Lipinski definition) is 1. The zero-order chi connectivity index (χ0) is 13.8. The van der Waals surface area contributed by atoms with E-state index >= 15 is 0 Å². The van der Waals surface area contributed by atoms with E-state index in [2.05, 4.69) is 22.8 Å². The third-order valence-electron chi connectivity index (χ3n) is 3.63. The number of aromatic hydroxyl groups is 1. The normalized spacial score (nSPS) is 19.0. The van der Waals surface area contributed by atoms with Crippen molar-refractivity contribution in [2.24, 2.45) is 0 Å². The molecule has 1 saturated heterocycles. The fraction of sp³-hybridized carbons (Fsp3) is 0.500. The zero-order valence-electron chi connectivity index (χ0n) is 11.0. The molecule has 1 aromatic carbocycles. The minimum Gasteiger partial charge on any atom is -0.508 e. The van der Waals surface area contributed by atoms with Gasteiger partial charge in [-0.1, -0.05) is 18.5 Å². The zero-order valence-corrected chi connectivity index (χ0v) is 11.8. The lowest BCUT2D eigenvalue weighted by Crippen LogP contribution is -2.47. The number of likely N-dealkylation sites (N-methyl/N-ethyl adjacent to an activating group) is 1. The monoisotopic (exact) mass is 279 g/mol. The van der Waals surface area contributed by atoms with Gasteiger partial charge in [-0.15, -0.1) is 0 Å². The summed E-state index contributed by atoms with van der Waals surface area (Å²) in [5.41, 5.74) is 0.597. The van der Waals surface area contributed by atoms with Crippen molar-refractivity contribution in [3.8, 4) is 11.8 Å². The predicted octanol–water partition coefficient (Wildman–Crippen LogP) is 2.25. The fourth-order valence-corrected chi connectivity index (χ4v) is 2.61. The average molecular weight is 280 g/mol. The first-order valence-electron chi connectivity index (χ1n) is 6.50. The Balaban J connectivity index is 2.17. The summed E-state index contributed by atoms with van der Waals surface area (Å²) >= 11 is 5.96. The molecule has 1 N–H and O–H groups in total. The first kappa shape index (κ1) is 14.1. The van der Waals surface area contributed by atoms with E-state index in [4.69, 9.17) is 11.6 Å². The minimum atomic E-state index is -0.433. The summed E-state index contributed by atoms with van der Waals surface area (Å²) in [7, 11) is 0. The number of nitriles is 1. The van der Waals surface area contributed by atoms with E-state index in [-0.39, 0.29) is 5.75 Å². The topological polar surface area (TPSA) is 50.5 Å². The highest BCUT2D eigenvalue weighted by atomic mass is 35.5. The van der Waals surface area contributed by atoms with Crippen LogP contribution >= 0.6 is 11.6 Å². The van der Waals surface area contributed by atoms with Crippen LogP contribution in [0, 0.1) is 11.3 Å². The van der Waals surface area contributed by atoms with Gasteiger partial charge in [-0.2, -0.15) is 5.26 Å². The molecule has 0 spiro atoms. The van der Waals surface area contributed by atoms with Crippen molar-refractivity contribution >= 4 is 11.6 Å². The lowest BCUT2D eigenvalue weighted by Gasteiger charge is -2.36. The highest BCUT2D eigenvalue weighted by Crippen LogP contribution is 2.31. The Labute approximate surface area is 118 Å². The minimum absolute atomic E-state index is 0.133. The van der Waals surface area contributed by atoms with Crippen LogP contribution in [0.25, 0.3) is 0 Å². The Kier molecular flexibility index (Phi) is 4.65. The Morgan fingerprint density at radius 3 is 2.63 bits per heavy atom. The highest BCUT2D eigenvalue weighted by Gasteiger charge is 2.26. The van der Waals surface area contributed by atoms with Crippen molar-refractivity contribution < 1.29 is 5.11 Å². The number of halogens is 1. The van der Waals surface area contributed by atoms with Gasteiger partial charge in [0.2, 0.25) is 0 Å². The molecule has 0 bridgehead atoms. The summed E-state index contributed by atoms with van der Waals surface area (Å²) in [6.45, 7) is 6.75. The van der Waals surface area contributed by atoms with E-state index in [0.717, 1.165) is 32.7 Å². The quantitative estimate of drug-likeness (QED) is 0.922. The first-order valence-corrected chi connectivity index (χ1v) is 6.88. The van der Waals surface area contributed by atoms with Crippen molar-refractivity contribution in [2.75, 3.05) is 32.7 Å². The molecule has 0 aromatic heterocycles. The van der Waals surface area contributed by atoms with E-state index in [1.165, 1.54) is 0 Å². The van der Waals surface area contributed by atoms with Crippen molar-refractivity contribution in [3.05, 3.63) is 28.8 Å². The van der Waals surface area contributed by atoms with Crippen LogP contribution in [0.2, 0.25) is 5.02 Å². The highest BCUT2D eigenvalue weighted by molar-refractivity contribution is 6.30. The Bertz CT molecular complexity index is 478. The number of nitrogens with zero attached hydrogens (tertiary/aromatic N) is 3. The molecular weight excluding hydrogens is 262 g/mol. The number of rotatable bonds is 3. The molecule has 4 nitrogen and oxygen atoms in total. The van der Waals surface area contributed by atoms with Gasteiger partial charge in [0.15, 0.2) is 0 Å². The molecule has 102 valence electrons. The lowest BCUT2D eigenvalue weighted by atomic mass is 10.0. The second-order valence-corrected chi connectivity index (χ2v) is 5.14. The molecule has 19 heavy (non-hydrogen) atoms. The summed E-state index contributed by atoms with van der Waals surface area (Å²) < 4.78 is 0. The van der Waals surface area contributed by atoms with Gasteiger partial charge in [-0.05, 0) is 24.7 Å². The van der Waals surface area contributed by atoms with Crippen LogP contribution in [0.3, 0.4) is 0 Å². The van der Waals surface area contributed by atoms with Gasteiger partial charge < -0.3 is 10.0 Å². The molecule has 0 radical (unpaired) electrons. The molecule has 5 heteroatoms. The average Bonchev–Trinajstić information content (AvgIpc) is 2.44. The summed E-state index contributed by atoms with van der Waals surface area (Å²) in [4.78, 5) is 4.44. The van der Waals surface area contributed by atoms with Gasteiger partial charge >= 0.3 is 0 Å².